The SMILES string of the molecule is CC/C(=N\OC(=O)c1ccncc1)c1ccccc1. The fourth-order valence-corrected chi connectivity index (χ4v) is 1.59. The molecule has 0 unspecified atom stereocenters. The van der Waals surface area contributed by atoms with E-state index in [1.54, 1.807) is 12.1 Å². The topological polar surface area (TPSA) is 51.5 Å². The van der Waals surface area contributed by atoms with Crippen molar-refractivity contribution >= 4 is 11.7 Å². The average Bonchev–Trinajstić information content (AvgIpc) is 2.49. The number of pyridine rings is 1. The van der Waals surface area contributed by atoms with E-state index in [0.717, 1.165) is 11.3 Å². The molecule has 1 heterocycles. The molecule has 0 saturated heterocycles. The van der Waals surface area contributed by atoms with E-state index >= 15 is 0 Å². The van der Waals surface area contributed by atoms with Crippen LogP contribution in [0.15, 0.2) is 60.0 Å². The number of carbonyl (C=O) groups is 1. The Labute approximate surface area is 111 Å². The molecule has 2 aromatic rings. The second kappa shape index (κ2) is 6.44. The molecule has 0 saturated carbocycles. The number of carbonyl (C=O) groups excluding carboxylic acids is 1. The second-order valence-corrected chi connectivity index (χ2v) is 3.87. The van der Waals surface area contributed by atoms with Crippen LogP contribution >= 0.6 is 0 Å². The van der Waals surface area contributed by atoms with Gasteiger partial charge in [0.2, 0.25) is 0 Å². The summed E-state index contributed by atoms with van der Waals surface area (Å²) >= 11 is 0. The van der Waals surface area contributed by atoms with Gasteiger partial charge in [-0.2, -0.15) is 0 Å². The monoisotopic (exact) mass is 254 g/mol. The van der Waals surface area contributed by atoms with E-state index in [1.807, 2.05) is 37.3 Å². The smallest absolute Gasteiger partial charge is 0.313 e. The van der Waals surface area contributed by atoms with E-state index in [9.17, 15) is 4.79 Å². The van der Waals surface area contributed by atoms with Crippen molar-refractivity contribution in [2.45, 2.75) is 13.3 Å². The van der Waals surface area contributed by atoms with Crippen LogP contribution in [0.1, 0.15) is 29.3 Å². The largest absolute Gasteiger partial charge is 0.365 e. The summed E-state index contributed by atoms with van der Waals surface area (Å²) in [6, 6.07) is 12.8. The summed E-state index contributed by atoms with van der Waals surface area (Å²) in [6.07, 6.45) is 3.77. The number of oxime groups is 1. The zero-order valence-corrected chi connectivity index (χ0v) is 10.6. The summed E-state index contributed by atoms with van der Waals surface area (Å²) in [5.41, 5.74) is 2.12. The van der Waals surface area contributed by atoms with Crippen LogP contribution in [-0.4, -0.2) is 16.7 Å². The quantitative estimate of drug-likeness (QED) is 0.478. The van der Waals surface area contributed by atoms with E-state index in [4.69, 9.17) is 4.84 Å². The van der Waals surface area contributed by atoms with Gasteiger partial charge in [0.05, 0.1) is 11.3 Å². The van der Waals surface area contributed by atoms with E-state index in [0.29, 0.717) is 12.0 Å². The first-order chi connectivity index (χ1) is 9.31. The minimum absolute atomic E-state index is 0.433. The van der Waals surface area contributed by atoms with Crippen LogP contribution in [-0.2, 0) is 4.84 Å². The Hall–Kier alpha value is -2.49. The molecule has 2 rings (SSSR count). The van der Waals surface area contributed by atoms with E-state index in [1.165, 1.54) is 12.4 Å². The standard InChI is InChI=1S/C15H14N2O2/c1-2-14(12-6-4-3-5-7-12)17-19-15(18)13-8-10-16-11-9-13/h3-11H,2H2,1H3/b17-14+. The highest BCUT2D eigenvalue weighted by molar-refractivity contribution is 6.00. The van der Waals surface area contributed by atoms with Crippen LogP contribution < -0.4 is 0 Å². The lowest BCUT2D eigenvalue weighted by Gasteiger charge is -2.03. The predicted octanol–water partition coefficient (Wildman–Crippen LogP) is 3.05. The van der Waals surface area contributed by atoms with Crippen LogP contribution in [0, 0.1) is 0 Å². The first-order valence-corrected chi connectivity index (χ1v) is 6.05. The molecule has 0 bridgehead atoms. The zero-order valence-electron chi connectivity index (χ0n) is 10.6. The van der Waals surface area contributed by atoms with Gasteiger partial charge >= 0.3 is 5.97 Å². The Morgan fingerprint density at radius 3 is 2.42 bits per heavy atom. The molecule has 0 radical (unpaired) electrons. The minimum Gasteiger partial charge on any atom is -0.313 e. The van der Waals surface area contributed by atoms with Crippen molar-refractivity contribution in [3.05, 3.63) is 66.0 Å². The van der Waals surface area contributed by atoms with Crippen molar-refractivity contribution in [1.29, 1.82) is 0 Å². The van der Waals surface area contributed by atoms with Crippen LogP contribution in [0.5, 0.6) is 0 Å². The van der Waals surface area contributed by atoms with E-state index in [-0.39, 0.29) is 0 Å². The predicted molar refractivity (Wildman–Crippen MR) is 72.9 cm³/mol. The number of rotatable bonds is 4. The van der Waals surface area contributed by atoms with E-state index in [2.05, 4.69) is 10.1 Å². The number of hydrogen-bond donors (Lipinski definition) is 0. The number of benzene rings is 1. The number of nitrogens with zero attached hydrogens (tertiary/aromatic N) is 2. The molecule has 0 aliphatic carbocycles. The molecule has 4 heteroatoms. The maximum absolute atomic E-state index is 11.7. The number of aromatic nitrogens is 1. The van der Waals surface area contributed by atoms with Gasteiger partial charge in [-0.15, -0.1) is 0 Å². The molecule has 0 atom stereocenters. The summed E-state index contributed by atoms with van der Waals surface area (Å²) in [4.78, 5) is 20.5. The molecule has 0 aliphatic heterocycles. The highest BCUT2D eigenvalue weighted by atomic mass is 16.7. The summed E-state index contributed by atoms with van der Waals surface area (Å²) in [6.45, 7) is 1.96. The Morgan fingerprint density at radius 1 is 1.11 bits per heavy atom. The Balaban J connectivity index is 2.11. The van der Waals surface area contributed by atoms with Crippen molar-refractivity contribution in [1.82, 2.24) is 4.98 Å². The third-order valence-corrected chi connectivity index (χ3v) is 2.60. The third kappa shape index (κ3) is 3.48. The minimum atomic E-state index is -0.482. The van der Waals surface area contributed by atoms with Gasteiger partial charge in [0.25, 0.3) is 0 Å². The van der Waals surface area contributed by atoms with Gasteiger partial charge in [-0.25, -0.2) is 4.79 Å². The molecule has 0 amide bonds. The van der Waals surface area contributed by atoms with Gasteiger partial charge in [0.15, 0.2) is 0 Å². The summed E-state index contributed by atoms with van der Waals surface area (Å²) in [7, 11) is 0. The zero-order chi connectivity index (χ0) is 13.5. The molecule has 96 valence electrons. The molecular formula is C15H14N2O2. The normalized spacial score (nSPS) is 11.1. The van der Waals surface area contributed by atoms with Crippen LogP contribution in [0.2, 0.25) is 0 Å². The van der Waals surface area contributed by atoms with Gasteiger partial charge < -0.3 is 4.84 Å². The molecule has 0 aliphatic rings. The van der Waals surface area contributed by atoms with Crippen molar-refractivity contribution in [2.24, 2.45) is 5.16 Å². The summed E-state index contributed by atoms with van der Waals surface area (Å²) in [5, 5.41) is 3.94. The van der Waals surface area contributed by atoms with Crippen molar-refractivity contribution < 1.29 is 9.63 Å². The highest BCUT2D eigenvalue weighted by Crippen LogP contribution is 2.06. The Bertz CT molecular complexity index is 565. The molecule has 1 aromatic carbocycles. The fourth-order valence-electron chi connectivity index (χ4n) is 1.59. The maximum atomic E-state index is 11.7. The van der Waals surface area contributed by atoms with Gasteiger partial charge in [-0.1, -0.05) is 42.4 Å². The van der Waals surface area contributed by atoms with Crippen molar-refractivity contribution in [3.8, 4) is 0 Å². The second-order valence-electron chi connectivity index (χ2n) is 3.87. The molecule has 4 nitrogen and oxygen atoms in total. The summed E-state index contributed by atoms with van der Waals surface area (Å²) < 4.78 is 0. The highest BCUT2D eigenvalue weighted by Gasteiger charge is 2.07. The number of hydrogen-bond acceptors (Lipinski definition) is 4. The van der Waals surface area contributed by atoms with Gasteiger partial charge in [-0.05, 0) is 24.1 Å². The Morgan fingerprint density at radius 2 is 1.79 bits per heavy atom. The molecule has 0 N–H and O–H groups in total. The molecular weight excluding hydrogens is 240 g/mol. The van der Waals surface area contributed by atoms with Gasteiger partial charge in [0.1, 0.15) is 0 Å². The lowest BCUT2D eigenvalue weighted by atomic mass is 10.1. The molecule has 1 aromatic heterocycles. The maximum Gasteiger partial charge on any atom is 0.365 e. The van der Waals surface area contributed by atoms with Crippen LogP contribution in [0.25, 0.3) is 0 Å². The third-order valence-electron chi connectivity index (χ3n) is 2.60. The van der Waals surface area contributed by atoms with E-state index < -0.39 is 5.97 Å². The van der Waals surface area contributed by atoms with Crippen molar-refractivity contribution in [2.75, 3.05) is 0 Å². The summed E-state index contributed by atoms with van der Waals surface area (Å²) in [5.74, 6) is -0.482. The lowest BCUT2D eigenvalue weighted by molar-refractivity contribution is 0.0515. The fraction of sp³-hybridized carbons (Fsp3) is 0.133. The molecule has 0 spiro atoms. The van der Waals surface area contributed by atoms with Gasteiger partial charge in [-0.3, -0.25) is 4.98 Å². The van der Waals surface area contributed by atoms with Gasteiger partial charge in [0, 0.05) is 12.4 Å². The first-order valence-electron chi connectivity index (χ1n) is 6.05. The van der Waals surface area contributed by atoms with Crippen molar-refractivity contribution in [3.63, 3.8) is 0 Å². The Kier molecular flexibility index (Phi) is 4.39. The molecule has 19 heavy (non-hydrogen) atoms. The first kappa shape index (κ1) is 13.0. The lowest BCUT2D eigenvalue weighted by Crippen LogP contribution is -2.05. The van der Waals surface area contributed by atoms with Crippen LogP contribution in [0.3, 0.4) is 0 Å². The molecule has 0 fully saturated rings. The van der Waals surface area contributed by atoms with Crippen LogP contribution in [0.4, 0.5) is 0 Å². The average molecular weight is 254 g/mol.